The van der Waals surface area contributed by atoms with Crippen LogP contribution in [0.15, 0.2) is 30.3 Å². The Morgan fingerprint density at radius 2 is 1.49 bits per heavy atom. The number of halogens is 1. The molecule has 3 saturated heterocycles. The van der Waals surface area contributed by atoms with Crippen LogP contribution in [-0.4, -0.2) is 61.0 Å². The van der Waals surface area contributed by atoms with E-state index in [1.807, 2.05) is 12.1 Å². The van der Waals surface area contributed by atoms with Crippen LogP contribution in [-0.2, 0) is 10.2 Å². The molecule has 0 amide bonds. The number of nitrogens with zero attached hydrogens (tertiary/aromatic N) is 4. The molecule has 188 valence electrons. The van der Waals surface area contributed by atoms with Gasteiger partial charge in [-0.2, -0.15) is 9.97 Å². The summed E-state index contributed by atoms with van der Waals surface area (Å²) in [5, 5.41) is 7.16. The van der Waals surface area contributed by atoms with Crippen LogP contribution in [0.25, 0.3) is 0 Å². The first kappa shape index (κ1) is 24.2. The highest BCUT2D eigenvalue weighted by molar-refractivity contribution is 7.80. The summed E-state index contributed by atoms with van der Waals surface area (Å²) in [4.78, 5) is 14.3. The minimum absolute atomic E-state index is 0.158. The number of rotatable bonds is 6. The SMILES string of the molecule is Fc1ccc(C2(CNC(=S)Nc3nc(N4CCCCC4)cc(N4CCCC4)n3)CCOCC2)cc1. The van der Waals surface area contributed by atoms with Gasteiger partial charge in [0.25, 0.3) is 0 Å². The number of hydrogen-bond donors (Lipinski definition) is 2. The normalized spacial score (nSPS) is 20.0. The molecule has 3 fully saturated rings. The minimum Gasteiger partial charge on any atom is -0.381 e. The van der Waals surface area contributed by atoms with E-state index >= 15 is 0 Å². The number of anilines is 3. The Balaban J connectivity index is 1.30. The number of piperidine rings is 1. The van der Waals surface area contributed by atoms with Gasteiger partial charge in [-0.05, 0) is 74.9 Å². The number of aromatic nitrogens is 2. The summed E-state index contributed by atoms with van der Waals surface area (Å²) in [6, 6.07) is 8.95. The summed E-state index contributed by atoms with van der Waals surface area (Å²) in [6.07, 6.45) is 7.77. The number of hydrogen-bond acceptors (Lipinski definition) is 6. The van der Waals surface area contributed by atoms with Crippen LogP contribution < -0.4 is 20.4 Å². The molecule has 0 aliphatic carbocycles. The lowest BCUT2D eigenvalue weighted by Gasteiger charge is -2.38. The topological polar surface area (TPSA) is 65.6 Å². The van der Waals surface area contributed by atoms with Crippen molar-refractivity contribution < 1.29 is 9.13 Å². The predicted octanol–water partition coefficient (Wildman–Crippen LogP) is 4.24. The molecule has 0 spiro atoms. The summed E-state index contributed by atoms with van der Waals surface area (Å²) in [5.41, 5.74) is 0.951. The first-order valence-electron chi connectivity index (χ1n) is 12.9. The van der Waals surface area contributed by atoms with Crippen molar-refractivity contribution in [3.05, 3.63) is 41.7 Å². The third-order valence-electron chi connectivity index (χ3n) is 7.53. The maximum Gasteiger partial charge on any atom is 0.232 e. The van der Waals surface area contributed by atoms with E-state index in [-0.39, 0.29) is 11.2 Å². The highest BCUT2D eigenvalue weighted by Crippen LogP contribution is 2.34. The monoisotopic (exact) mass is 498 g/mol. The van der Waals surface area contributed by atoms with Gasteiger partial charge in [0.2, 0.25) is 5.95 Å². The van der Waals surface area contributed by atoms with Crippen LogP contribution in [0.2, 0.25) is 0 Å². The van der Waals surface area contributed by atoms with E-state index in [1.54, 1.807) is 0 Å². The maximum absolute atomic E-state index is 13.6. The van der Waals surface area contributed by atoms with Crippen molar-refractivity contribution in [2.24, 2.45) is 0 Å². The van der Waals surface area contributed by atoms with Crippen molar-refractivity contribution in [3.8, 4) is 0 Å². The first-order valence-corrected chi connectivity index (χ1v) is 13.3. The van der Waals surface area contributed by atoms with Gasteiger partial charge in [-0.25, -0.2) is 4.39 Å². The molecule has 7 nitrogen and oxygen atoms in total. The zero-order chi connectivity index (χ0) is 24.1. The van der Waals surface area contributed by atoms with Gasteiger partial charge in [-0.15, -0.1) is 0 Å². The zero-order valence-corrected chi connectivity index (χ0v) is 21.1. The van der Waals surface area contributed by atoms with E-state index in [9.17, 15) is 4.39 Å². The Morgan fingerprint density at radius 3 is 2.09 bits per heavy atom. The highest BCUT2D eigenvalue weighted by Gasteiger charge is 2.34. The zero-order valence-electron chi connectivity index (χ0n) is 20.3. The third kappa shape index (κ3) is 5.83. The van der Waals surface area contributed by atoms with Crippen LogP contribution in [0.4, 0.5) is 22.0 Å². The fraction of sp³-hybridized carbons (Fsp3) is 0.577. The number of thiocarbonyl (C=S) groups is 1. The first-order chi connectivity index (χ1) is 17.1. The minimum atomic E-state index is -0.222. The van der Waals surface area contributed by atoms with Crippen molar-refractivity contribution >= 4 is 34.9 Å². The molecule has 2 aromatic rings. The Kier molecular flexibility index (Phi) is 7.63. The van der Waals surface area contributed by atoms with Crippen LogP contribution in [0.1, 0.15) is 50.5 Å². The van der Waals surface area contributed by atoms with Gasteiger partial charge in [0.1, 0.15) is 17.5 Å². The maximum atomic E-state index is 13.6. The van der Waals surface area contributed by atoms with Crippen molar-refractivity contribution in [1.29, 1.82) is 0 Å². The molecule has 2 N–H and O–H groups in total. The lowest BCUT2D eigenvalue weighted by molar-refractivity contribution is 0.0515. The Morgan fingerprint density at radius 1 is 0.914 bits per heavy atom. The third-order valence-corrected chi connectivity index (χ3v) is 7.77. The number of benzene rings is 1. The summed E-state index contributed by atoms with van der Waals surface area (Å²) < 4.78 is 19.2. The molecular formula is C26H35FN6OS. The van der Waals surface area contributed by atoms with E-state index in [0.717, 1.165) is 56.2 Å². The van der Waals surface area contributed by atoms with E-state index in [0.29, 0.717) is 30.8 Å². The highest BCUT2D eigenvalue weighted by atomic mass is 32.1. The van der Waals surface area contributed by atoms with E-state index in [4.69, 9.17) is 26.9 Å². The van der Waals surface area contributed by atoms with Gasteiger partial charge >= 0.3 is 0 Å². The smallest absolute Gasteiger partial charge is 0.232 e. The van der Waals surface area contributed by atoms with Crippen LogP contribution in [0.5, 0.6) is 0 Å². The van der Waals surface area contributed by atoms with Gasteiger partial charge in [0, 0.05) is 57.4 Å². The van der Waals surface area contributed by atoms with Gasteiger partial charge < -0.3 is 25.2 Å². The standard InChI is InChI=1S/C26H35FN6OS/c27-21-8-6-20(7-9-21)26(10-16-34-17-11-26)19-28-25(35)31-24-29-22(32-12-2-1-3-13-32)18-23(30-24)33-14-4-5-15-33/h6-9,18H,1-5,10-17,19H2,(H2,28,29,30,31,35). The van der Waals surface area contributed by atoms with Gasteiger partial charge in [-0.1, -0.05) is 12.1 Å². The molecule has 0 atom stereocenters. The lowest BCUT2D eigenvalue weighted by atomic mass is 9.74. The molecule has 5 rings (SSSR count). The second kappa shape index (κ2) is 11.0. The number of nitrogens with one attached hydrogen (secondary N) is 2. The molecule has 35 heavy (non-hydrogen) atoms. The Hall–Kier alpha value is -2.52. The Bertz CT molecular complexity index is 1000. The van der Waals surface area contributed by atoms with Crippen molar-refractivity contribution in [3.63, 3.8) is 0 Å². The molecule has 1 aromatic carbocycles. The molecule has 3 aliphatic heterocycles. The summed E-state index contributed by atoms with van der Waals surface area (Å²) in [5.74, 6) is 2.26. The molecular weight excluding hydrogens is 463 g/mol. The average Bonchev–Trinajstić information content (AvgIpc) is 3.44. The summed E-state index contributed by atoms with van der Waals surface area (Å²) in [7, 11) is 0. The second-order valence-electron chi connectivity index (χ2n) is 9.86. The van der Waals surface area contributed by atoms with Crippen molar-refractivity contribution in [2.45, 2.75) is 50.4 Å². The molecule has 4 heterocycles. The van der Waals surface area contributed by atoms with E-state index in [2.05, 4.69) is 26.5 Å². The van der Waals surface area contributed by atoms with Gasteiger partial charge in [0.15, 0.2) is 5.11 Å². The molecule has 0 unspecified atom stereocenters. The summed E-state index contributed by atoms with van der Waals surface area (Å²) in [6.45, 7) is 6.11. The molecule has 0 bridgehead atoms. The van der Waals surface area contributed by atoms with E-state index in [1.165, 1.54) is 44.2 Å². The fourth-order valence-electron chi connectivity index (χ4n) is 5.40. The van der Waals surface area contributed by atoms with Crippen molar-refractivity contribution in [1.82, 2.24) is 15.3 Å². The fourth-order valence-corrected chi connectivity index (χ4v) is 5.56. The molecule has 0 radical (unpaired) electrons. The van der Waals surface area contributed by atoms with Gasteiger partial charge in [-0.3, -0.25) is 0 Å². The lowest BCUT2D eigenvalue weighted by Crippen LogP contribution is -2.45. The molecule has 1 aromatic heterocycles. The van der Waals surface area contributed by atoms with Gasteiger partial charge in [0.05, 0.1) is 0 Å². The number of ether oxygens (including phenoxy) is 1. The van der Waals surface area contributed by atoms with Crippen molar-refractivity contribution in [2.75, 3.05) is 61.1 Å². The predicted molar refractivity (Wildman–Crippen MR) is 142 cm³/mol. The van der Waals surface area contributed by atoms with Crippen LogP contribution in [0.3, 0.4) is 0 Å². The quantitative estimate of drug-likeness (QED) is 0.574. The largest absolute Gasteiger partial charge is 0.381 e. The Labute approximate surface area is 212 Å². The molecule has 3 aliphatic rings. The second-order valence-corrected chi connectivity index (χ2v) is 10.3. The summed E-state index contributed by atoms with van der Waals surface area (Å²) >= 11 is 5.68. The van der Waals surface area contributed by atoms with Crippen LogP contribution in [0, 0.1) is 5.82 Å². The molecule has 0 saturated carbocycles. The van der Waals surface area contributed by atoms with Crippen LogP contribution >= 0.6 is 12.2 Å². The molecule has 9 heteroatoms. The van der Waals surface area contributed by atoms with E-state index < -0.39 is 0 Å². The average molecular weight is 499 g/mol.